The first kappa shape index (κ1) is 20.2. The summed E-state index contributed by atoms with van der Waals surface area (Å²) in [6, 6.07) is 18.4. The van der Waals surface area contributed by atoms with Gasteiger partial charge in [-0.1, -0.05) is 42.5 Å². The first-order chi connectivity index (χ1) is 15.0. The SMILES string of the molecule is CC(=O)c1ccc(OCc2ccc(Cc3cccc(-c4nn[nH]n4)c3)cc2)c(F)c1O. The number of ketones is 1. The van der Waals surface area contributed by atoms with Crippen LogP contribution in [0.5, 0.6) is 11.5 Å². The fraction of sp³-hybridized carbons (Fsp3) is 0.130. The fourth-order valence-corrected chi connectivity index (χ4v) is 3.20. The summed E-state index contributed by atoms with van der Waals surface area (Å²) in [6.45, 7) is 1.39. The maximum atomic E-state index is 14.2. The molecule has 0 aliphatic carbocycles. The minimum absolute atomic E-state index is 0.0717. The standard InChI is InChI=1S/C23H19FN4O3/c1-14(29)19-9-10-20(21(24)22(19)30)31-13-16-7-5-15(6-8-16)11-17-3-2-4-18(12-17)23-25-27-28-26-23/h2-10,12,30H,11,13H2,1H3,(H,25,26,27,28). The van der Waals surface area contributed by atoms with E-state index in [4.69, 9.17) is 4.74 Å². The summed E-state index contributed by atoms with van der Waals surface area (Å²) in [7, 11) is 0. The van der Waals surface area contributed by atoms with Gasteiger partial charge < -0.3 is 9.84 Å². The maximum Gasteiger partial charge on any atom is 0.207 e. The number of carbonyl (C=O) groups excluding carboxylic acids is 1. The van der Waals surface area contributed by atoms with Crippen LogP contribution < -0.4 is 4.74 Å². The third-order valence-electron chi connectivity index (χ3n) is 4.82. The number of aromatic nitrogens is 4. The van der Waals surface area contributed by atoms with E-state index in [1.165, 1.54) is 19.1 Å². The van der Waals surface area contributed by atoms with Gasteiger partial charge in [0.2, 0.25) is 11.6 Å². The highest BCUT2D eigenvalue weighted by Gasteiger charge is 2.16. The highest BCUT2D eigenvalue weighted by molar-refractivity contribution is 5.96. The van der Waals surface area contributed by atoms with Crippen molar-refractivity contribution in [3.8, 4) is 22.9 Å². The number of benzene rings is 3. The lowest BCUT2D eigenvalue weighted by Gasteiger charge is -2.10. The van der Waals surface area contributed by atoms with Crippen LogP contribution in [0.1, 0.15) is 34.0 Å². The van der Waals surface area contributed by atoms with Crippen molar-refractivity contribution in [3.63, 3.8) is 0 Å². The molecule has 0 spiro atoms. The number of Topliss-reactive ketones (excluding diaryl/α,β-unsaturated/α-hetero) is 1. The zero-order valence-electron chi connectivity index (χ0n) is 16.7. The van der Waals surface area contributed by atoms with Crippen LogP contribution in [0.2, 0.25) is 0 Å². The van der Waals surface area contributed by atoms with Crippen LogP contribution in [-0.2, 0) is 13.0 Å². The lowest BCUT2D eigenvalue weighted by atomic mass is 10.0. The number of halogens is 1. The van der Waals surface area contributed by atoms with Crippen molar-refractivity contribution in [2.45, 2.75) is 20.0 Å². The van der Waals surface area contributed by atoms with Crippen LogP contribution >= 0.6 is 0 Å². The molecule has 31 heavy (non-hydrogen) atoms. The minimum atomic E-state index is -0.939. The second kappa shape index (κ2) is 8.74. The number of rotatable bonds is 7. The molecule has 0 saturated heterocycles. The van der Waals surface area contributed by atoms with Gasteiger partial charge in [-0.25, -0.2) is 0 Å². The van der Waals surface area contributed by atoms with Gasteiger partial charge in [0.15, 0.2) is 17.3 Å². The Morgan fingerprint density at radius 2 is 1.84 bits per heavy atom. The van der Waals surface area contributed by atoms with Crippen LogP contribution in [-0.4, -0.2) is 31.5 Å². The summed E-state index contributed by atoms with van der Waals surface area (Å²) in [5.74, 6) is -1.61. The Labute approximate surface area is 177 Å². The van der Waals surface area contributed by atoms with Gasteiger partial charge in [-0.2, -0.15) is 9.60 Å². The number of carbonyl (C=O) groups is 1. The smallest absolute Gasteiger partial charge is 0.207 e. The number of aromatic amines is 1. The molecule has 156 valence electrons. The largest absolute Gasteiger partial charge is 0.504 e. The number of H-pyrrole nitrogens is 1. The van der Waals surface area contributed by atoms with Gasteiger partial charge in [0.1, 0.15) is 6.61 Å². The number of tetrazole rings is 1. The molecule has 0 aliphatic heterocycles. The summed E-state index contributed by atoms with van der Waals surface area (Å²) in [5, 5.41) is 23.8. The van der Waals surface area contributed by atoms with Gasteiger partial charge in [0, 0.05) is 5.56 Å². The molecule has 0 saturated carbocycles. The molecule has 0 unspecified atom stereocenters. The Balaban J connectivity index is 1.41. The number of phenolic OH excluding ortho intramolecular Hbond substituents is 1. The van der Waals surface area contributed by atoms with E-state index in [1.54, 1.807) is 0 Å². The van der Waals surface area contributed by atoms with E-state index < -0.39 is 17.3 Å². The Hall–Kier alpha value is -4.07. The summed E-state index contributed by atoms with van der Waals surface area (Å²) in [5.41, 5.74) is 3.87. The average molecular weight is 418 g/mol. The van der Waals surface area contributed by atoms with E-state index in [1.807, 2.05) is 48.5 Å². The van der Waals surface area contributed by atoms with E-state index in [9.17, 15) is 14.3 Å². The quantitative estimate of drug-likeness (QED) is 0.439. The number of ether oxygens (including phenoxy) is 1. The van der Waals surface area contributed by atoms with E-state index in [0.717, 1.165) is 28.7 Å². The number of hydrogen-bond donors (Lipinski definition) is 2. The van der Waals surface area contributed by atoms with Crippen LogP contribution in [0.15, 0.2) is 60.7 Å². The molecule has 1 heterocycles. The molecule has 8 heteroatoms. The van der Waals surface area contributed by atoms with Crippen LogP contribution in [0.4, 0.5) is 4.39 Å². The molecular formula is C23H19FN4O3. The van der Waals surface area contributed by atoms with Gasteiger partial charge in [0.25, 0.3) is 0 Å². The van der Waals surface area contributed by atoms with Gasteiger partial charge in [-0.3, -0.25) is 4.79 Å². The Bertz CT molecular complexity index is 1210. The lowest BCUT2D eigenvalue weighted by Crippen LogP contribution is -2.01. The predicted octanol–water partition coefficient (Wildman–Crippen LogP) is 4.08. The molecule has 0 bridgehead atoms. The number of hydrogen-bond acceptors (Lipinski definition) is 6. The monoisotopic (exact) mass is 418 g/mol. The number of phenols is 1. The fourth-order valence-electron chi connectivity index (χ4n) is 3.20. The molecule has 4 rings (SSSR count). The average Bonchev–Trinajstić information content (AvgIpc) is 3.31. The van der Waals surface area contributed by atoms with Crippen LogP contribution in [0, 0.1) is 5.82 Å². The molecule has 0 fully saturated rings. The molecule has 4 aromatic rings. The summed E-state index contributed by atoms with van der Waals surface area (Å²) in [4.78, 5) is 11.4. The normalized spacial score (nSPS) is 10.8. The van der Waals surface area contributed by atoms with E-state index in [-0.39, 0.29) is 17.9 Å². The molecule has 0 radical (unpaired) electrons. The zero-order valence-corrected chi connectivity index (χ0v) is 16.7. The minimum Gasteiger partial charge on any atom is -0.504 e. The second-order valence-electron chi connectivity index (χ2n) is 7.05. The van der Waals surface area contributed by atoms with Crippen molar-refractivity contribution >= 4 is 5.78 Å². The second-order valence-corrected chi connectivity index (χ2v) is 7.05. The summed E-state index contributed by atoms with van der Waals surface area (Å²) in [6.07, 6.45) is 0.724. The van der Waals surface area contributed by atoms with E-state index in [0.29, 0.717) is 5.82 Å². The predicted molar refractivity (Wildman–Crippen MR) is 111 cm³/mol. The molecule has 3 aromatic carbocycles. The van der Waals surface area contributed by atoms with Crippen molar-refractivity contribution in [1.82, 2.24) is 20.6 Å². The molecular weight excluding hydrogens is 399 g/mol. The lowest BCUT2D eigenvalue weighted by molar-refractivity contribution is 0.101. The maximum absolute atomic E-state index is 14.2. The third-order valence-corrected chi connectivity index (χ3v) is 4.82. The van der Waals surface area contributed by atoms with Crippen LogP contribution in [0.3, 0.4) is 0 Å². The topological polar surface area (TPSA) is 101 Å². The van der Waals surface area contributed by atoms with Crippen molar-refractivity contribution in [1.29, 1.82) is 0 Å². The molecule has 0 aliphatic rings. The Kier molecular flexibility index (Phi) is 5.70. The Morgan fingerprint density at radius 1 is 1.06 bits per heavy atom. The van der Waals surface area contributed by atoms with E-state index in [2.05, 4.69) is 20.6 Å². The van der Waals surface area contributed by atoms with Crippen LogP contribution in [0.25, 0.3) is 11.4 Å². The van der Waals surface area contributed by atoms with E-state index >= 15 is 0 Å². The van der Waals surface area contributed by atoms with Crippen molar-refractivity contribution in [2.75, 3.05) is 0 Å². The van der Waals surface area contributed by atoms with Gasteiger partial charge in [0.05, 0.1) is 5.56 Å². The van der Waals surface area contributed by atoms with Crippen molar-refractivity contribution in [2.24, 2.45) is 0 Å². The third kappa shape index (κ3) is 4.58. The van der Waals surface area contributed by atoms with Gasteiger partial charge in [-0.15, -0.1) is 10.2 Å². The molecule has 2 N–H and O–H groups in total. The molecule has 1 aromatic heterocycles. The molecule has 0 atom stereocenters. The van der Waals surface area contributed by atoms with Crippen molar-refractivity contribution in [3.05, 3.63) is 88.7 Å². The first-order valence-corrected chi connectivity index (χ1v) is 9.57. The Morgan fingerprint density at radius 3 is 2.55 bits per heavy atom. The first-order valence-electron chi connectivity index (χ1n) is 9.57. The number of nitrogens with one attached hydrogen (secondary N) is 1. The number of aromatic hydroxyl groups is 1. The van der Waals surface area contributed by atoms with Gasteiger partial charge in [-0.05, 0) is 53.4 Å². The van der Waals surface area contributed by atoms with Gasteiger partial charge >= 0.3 is 0 Å². The summed E-state index contributed by atoms with van der Waals surface area (Å²) >= 11 is 0. The highest BCUT2D eigenvalue weighted by atomic mass is 19.1. The summed E-state index contributed by atoms with van der Waals surface area (Å²) < 4.78 is 19.7. The zero-order chi connectivity index (χ0) is 21.8. The number of nitrogens with zero attached hydrogens (tertiary/aromatic N) is 3. The highest BCUT2D eigenvalue weighted by Crippen LogP contribution is 2.30. The molecule has 0 amide bonds. The van der Waals surface area contributed by atoms with Crippen molar-refractivity contribution < 1.29 is 19.0 Å². The molecule has 7 nitrogen and oxygen atoms in total.